The van der Waals surface area contributed by atoms with Gasteiger partial charge < -0.3 is 5.73 Å². The van der Waals surface area contributed by atoms with Crippen molar-refractivity contribution in [3.05, 3.63) is 34.3 Å². The van der Waals surface area contributed by atoms with Crippen LogP contribution in [0.15, 0.2) is 28.7 Å². The van der Waals surface area contributed by atoms with Gasteiger partial charge in [0.05, 0.1) is 6.04 Å². The van der Waals surface area contributed by atoms with Crippen molar-refractivity contribution in [2.45, 2.75) is 64.1 Å². The number of nitrogens with two attached hydrogens (primary N) is 1. The van der Waals surface area contributed by atoms with Gasteiger partial charge in [-0.15, -0.1) is 0 Å². The van der Waals surface area contributed by atoms with Crippen LogP contribution in [0.25, 0.3) is 0 Å². The van der Waals surface area contributed by atoms with Crippen LogP contribution in [-0.4, -0.2) is 23.5 Å². The fraction of sp³-hybridized carbons (Fsp3) is 0.647. The molecule has 1 saturated carbocycles. The molecule has 0 spiro atoms. The van der Waals surface area contributed by atoms with Gasteiger partial charge in [-0.05, 0) is 43.5 Å². The van der Waals surface area contributed by atoms with Gasteiger partial charge in [-0.2, -0.15) is 0 Å². The first-order valence-electron chi connectivity index (χ1n) is 7.94. The molecule has 0 amide bonds. The molecule has 2 rings (SSSR count). The fourth-order valence-corrected chi connectivity index (χ4v) is 3.93. The summed E-state index contributed by atoms with van der Waals surface area (Å²) in [5.41, 5.74) is 7.84. The van der Waals surface area contributed by atoms with Gasteiger partial charge in [0.1, 0.15) is 0 Å². The summed E-state index contributed by atoms with van der Waals surface area (Å²) in [5.74, 6) is 0. The van der Waals surface area contributed by atoms with Crippen molar-refractivity contribution in [3.63, 3.8) is 0 Å². The highest BCUT2D eigenvalue weighted by atomic mass is 79.9. The number of benzene rings is 1. The first kappa shape index (κ1) is 16.0. The highest BCUT2D eigenvalue weighted by Gasteiger charge is 2.31. The zero-order valence-electron chi connectivity index (χ0n) is 12.7. The summed E-state index contributed by atoms with van der Waals surface area (Å²) in [6, 6.07) is 9.92. The molecule has 0 radical (unpaired) electrons. The lowest BCUT2D eigenvalue weighted by Crippen LogP contribution is -2.45. The molecule has 0 heterocycles. The molecule has 3 heteroatoms. The maximum atomic E-state index is 6.49. The molecule has 0 bridgehead atoms. The van der Waals surface area contributed by atoms with E-state index in [9.17, 15) is 0 Å². The number of hydrogen-bond acceptors (Lipinski definition) is 2. The molecule has 0 saturated heterocycles. The van der Waals surface area contributed by atoms with Gasteiger partial charge in [0.2, 0.25) is 0 Å². The van der Waals surface area contributed by atoms with Crippen molar-refractivity contribution in [1.82, 2.24) is 4.90 Å². The van der Waals surface area contributed by atoms with E-state index in [2.05, 4.69) is 58.9 Å². The minimum atomic E-state index is 0.199. The molecule has 2 atom stereocenters. The summed E-state index contributed by atoms with van der Waals surface area (Å²) in [7, 11) is 0. The first-order chi connectivity index (χ1) is 9.67. The van der Waals surface area contributed by atoms with Gasteiger partial charge in [-0.25, -0.2) is 0 Å². The van der Waals surface area contributed by atoms with E-state index in [-0.39, 0.29) is 6.04 Å². The molecular weight excluding hydrogens is 312 g/mol. The van der Waals surface area contributed by atoms with Crippen LogP contribution < -0.4 is 5.73 Å². The van der Waals surface area contributed by atoms with Crippen LogP contribution in [0.5, 0.6) is 0 Å². The van der Waals surface area contributed by atoms with Crippen LogP contribution in [0.2, 0.25) is 0 Å². The van der Waals surface area contributed by atoms with Crippen molar-refractivity contribution < 1.29 is 0 Å². The first-order valence-corrected chi connectivity index (χ1v) is 8.73. The molecule has 112 valence electrons. The Bertz CT molecular complexity index is 415. The molecule has 2 N–H and O–H groups in total. The summed E-state index contributed by atoms with van der Waals surface area (Å²) in [6.45, 7) is 5.54. The average Bonchev–Trinajstić information content (AvgIpc) is 2.97. The van der Waals surface area contributed by atoms with E-state index >= 15 is 0 Å². The normalized spacial score (nSPS) is 19.4. The Balaban J connectivity index is 2.30. The minimum absolute atomic E-state index is 0.199. The van der Waals surface area contributed by atoms with Crippen molar-refractivity contribution in [2.24, 2.45) is 5.73 Å². The maximum absolute atomic E-state index is 6.49. The molecule has 1 aliphatic rings. The molecular formula is C17H27BrN2. The topological polar surface area (TPSA) is 29.3 Å². The van der Waals surface area contributed by atoms with Gasteiger partial charge >= 0.3 is 0 Å². The smallest absolute Gasteiger partial charge is 0.0502 e. The van der Waals surface area contributed by atoms with Crippen molar-refractivity contribution in [1.29, 1.82) is 0 Å². The zero-order chi connectivity index (χ0) is 14.5. The van der Waals surface area contributed by atoms with Crippen molar-refractivity contribution >= 4 is 15.9 Å². The number of rotatable bonds is 6. The Morgan fingerprint density at radius 3 is 2.55 bits per heavy atom. The zero-order valence-corrected chi connectivity index (χ0v) is 14.3. The lowest BCUT2D eigenvalue weighted by atomic mass is 9.94. The third kappa shape index (κ3) is 3.63. The van der Waals surface area contributed by atoms with Crippen LogP contribution in [0.4, 0.5) is 0 Å². The van der Waals surface area contributed by atoms with Gasteiger partial charge in [-0.3, -0.25) is 4.90 Å². The minimum Gasteiger partial charge on any atom is -0.326 e. The highest BCUT2D eigenvalue weighted by Crippen LogP contribution is 2.34. The second kappa shape index (κ2) is 7.58. The predicted octanol–water partition coefficient (Wildman–Crippen LogP) is 4.49. The van der Waals surface area contributed by atoms with E-state index in [0.717, 1.165) is 17.4 Å². The number of likely N-dealkylation sites (N-methyl/N-ethyl adjacent to an activating group) is 1. The highest BCUT2D eigenvalue weighted by molar-refractivity contribution is 9.10. The monoisotopic (exact) mass is 338 g/mol. The molecule has 20 heavy (non-hydrogen) atoms. The van der Waals surface area contributed by atoms with Gasteiger partial charge in [0.15, 0.2) is 0 Å². The molecule has 1 aromatic rings. The average molecular weight is 339 g/mol. The largest absolute Gasteiger partial charge is 0.326 e. The number of nitrogens with zero attached hydrogens (tertiary/aromatic N) is 1. The standard InChI is InChI=1S/C17H27BrN2/c1-3-16(19)17(13-8-7-9-14(18)12-13)20(4-2)15-10-5-6-11-15/h7-9,12,15-17H,3-6,10-11,19H2,1-2H3. The van der Waals surface area contributed by atoms with Gasteiger partial charge in [-0.1, -0.05) is 54.8 Å². The third-order valence-electron chi connectivity index (χ3n) is 4.58. The summed E-state index contributed by atoms with van der Waals surface area (Å²) in [5, 5.41) is 0. The second-order valence-corrected chi connectivity index (χ2v) is 6.76. The van der Waals surface area contributed by atoms with Crippen LogP contribution in [0.1, 0.15) is 57.6 Å². The lowest BCUT2D eigenvalue weighted by Gasteiger charge is -2.39. The summed E-state index contributed by atoms with van der Waals surface area (Å²) in [4.78, 5) is 2.64. The summed E-state index contributed by atoms with van der Waals surface area (Å²) < 4.78 is 1.14. The third-order valence-corrected chi connectivity index (χ3v) is 5.08. The quantitative estimate of drug-likeness (QED) is 0.827. The Hall–Kier alpha value is -0.380. The van der Waals surface area contributed by atoms with Crippen LogP contribution >= 0.6 is 15.9 Å². The number of halogens is 1. The van der Waals surface area contributed by atoms with E-state index in [1.54, 1.807) is 0 Å². The molecule has 0 aromatic heterocycles. The maximum Gasteiger partial charge on any atom is 0.0502 e. The van der Waals surface area contributed by atoms with Crippen molar-refractivity contribution in [2.75, 3.05) is 6.54 Å². The molecule has 2 nitrogen and oxygen atoms in total. The molecule has 2 unspecified atom stereocenters. The van der Waals surface area contributed by atoms with E-state index < -0.39 is 0 Å². The predicted molar refractivity (Wildman–Crippen MR) is 89.8 cm³/mol. The molecule has 0 aliphatic heterocycles. The van der Waals surface area contributed by atoms with E-state index in [1.807, 2.05) is 0 Å². The summed E-state index contributed by atoms with van der Waals surface area (Å²) in [6.07, 6.45) is 6.41. The van der Waals surface area contributed by atoms with Gasteiger partial charge in [0, 0.05) is 16.6 Å². The van der Waals surface area contributed by atoms with E-state index in [1.165, 1.54) is 31.2 Å². The Morgan fingerprint density at radius 2 is 2.00 bits per heavy atom. The molecule has 1 fully saturated rings. The van der Waals surface area contributed by atoms with Crippen LogP contribution in [0, 0.1) is 0 Å². The van der Waals surface area contributed by atoms with Crippen LogP contribution in [-0.2, 0) is 0 Å². The Morgan fingerprint density at radius 1 is 1.30 bits per heavy atom. The Labute approximate surface area is 131 Å². The molecule has 1 aromatic carbocycles. The SMILES string of the molecule is CCC(N)C(c1cccc(Br)c1)N(CC)C1CCCC1. The molecule has 1 aliphatic carbocycles. The van der Waals surface area contributed by atoms with E-state index in [0.29, 0.717) is 12.1 Å². The Kier molecular flexibility index (Phi) is 6.06. The number of hydrogen-bond donors (Lipinski definition) is 1. The fourth-order valence-electron chi connectivity index (χ4n) is 3.52. The van der Waals surface area contributed by atoms with Crippen LogP contribution in [0.3, 0.4) is 0 Å². The van der Waals surface area contributed by atoms with Crippen molar-refractivity contribution in [3.8, 4) is 0 Å². The summed E-state index contributed by atoms with van der Waals surface area (Å²) >= 11 is 3.60. The second-order valence-electron chi connectivity index (χ2n) is 5.84. The van der Waals surface area contributed by atoms with E-state index in [4.69, 9.17) is 5.73 Å². The lowest BCUT2D eigenvalue weighted by molar-refractivity contribution is 0.121. The van der Waals surface area contributed by atoms with Gasteiger partial charge in [0.25, 0.3) is 0 Å².